The fraction of sp³-hybridized carbons (Fsp3) is 0.136. The highest BCUT2D eigenvalue weighted by Gasteiger charge is 2.30. The van der Waals surface area contributed by atoms with Gasteiger partial charge >= 0.3 is 0 Å². The molecule has 1 fully saturated rings. The van der Waals surface area contributed by atoms with E-state index < -0.39 is 0 Å². The average Bonchev–Trinajstić information content (AvgIpc) is 2.97. The van der Waals surface area contributed by atoms with Crippen LogP contribution in [0.1, 0.15) is 11.1 Å². The summed E-state index contributed by atoms with van der Waals surface area (Å²) in [6.07, 6.45) is 3.41. The van der Waals surface area contributed by atoms with Crippen molar-refractivity contribution in [2.24, 2.45) is 0 Å². The number of hydrogen-bond acceptors (Lipinski definition) is 5. The lowest BCUT2D eigenvalue weighted by Gasteiger charge is -2.10. The van der Waals surface area contributed by atoms with Crippen LogP contribution in [-0.4, -0.2) is 34.2 Å². The number of aryl methyl sites for hydroxylation is 1. The number of benzene rings is 2. The Morgan fingerprint density at radius 1 is 1.33 bits per heavy atom. The van der Waals surface area contributed by atoms with Gasteiger partial charge in [0.1, 0.15) is 10.1 Å². The third kappa shape index (κ3) is 5.59. The summed E-state index contributed by atoms with van der Waals surface area (Å²) in [7, 11) is 0. The zero-order valence-corrected chi connectivity index (χ0v) is 19.4. The number of thioether (sulfide) groups is 1. The lowest BCUT2D eigenvalue weighted by molar-refractivity contribution is -0.121. The molecule has 0 unspecified atom stereocenters. The van der Waals surface area contributed by atoms with Gasteiger partial charge in [-0.2, -0.15) is 0 Å². The standard InChI is InChI=1S/C22H19BrN2O3S2/c1-3-9-25-21(27)19(30-22(25)29)12-15-5-4-6-17(11-15)28-13-20(26)24-18-8-7-16(23)10-14(18)2/h3-8,10-12H,1,9,13H2,2H3,(H,24,26)/b19-12-. The summed E-state index contributed by atoms with van der Waals surface area (Å²) in [6, 6.07) is 12.8. The molecule has 1 N–H and O–H groups in total. The molecule has 1 aliphatic heterocycles. The highest BCUT2D eigenvalue weighted by atomic mass is 79.9. The second-order valence-electron chi connectivity index (χ2n) is 6.45. The monoisotopic (exact) mass is 502 g/mol. The van der Waals surface area contributed by atoms with Gasteiger partial charge in [-0.15, -0.1) is 6.58 Å². The molecule has 5 nitrogen and oxygen atoms in total. The first-order valence-corrected chi connectivity index (χ1v) is 11.0. The molecule has 1 heterocycles. The molecule has 8 heteroatoms. The molecular formula is C22H19BrN2O3S2. The average molecular weight is 503 g/mol. The summed E-state index contributed by atoms with van der Waals surface area (Å²) in [6.45, 7) is 5.83. The Balaban J connectivity index is 1.63. The number of ether oxygens (including phenoxy) is 1. The molecule has 1 aliphatic rings. The van der Waals surface area contributed by atoms with Crippen LogP contribution in [0.4, 0.5) is 5.69 Å². The Kier molecular flexibility index (Phi) is 7.47. The van der Waals surface area contributed by atoms with Crippen molar-refractivity contribution in [3.05, 3.63) is 75.6 Å². The maximum atomic E-state index is 12.4. The number of nitrogens with one attached hydrogen (secondary N) is 1. The molecule has 2 amide bonds. The van der Waals surface area contributed by atoms with Crippen molar-refractivity contribution in [3.63, 3.8) is 0 Å². The van der Waals surface area contributed by atoms with E-state index in [0.29, 0.717) is 21.5 Å². The molecule has 0 spiro atoms. The SMILES string of the molecule is C=CCN1C(=O)/C(=C/c2cccc(OCC(=O)Nc3ccc(Br)cc3C)c2)SC1=S. The van der Waals surface area contributed by atoms with Crippen LogP contribution in [0.25, 0.3) is 6.08 Å². The molecule has 30 heavy (non-hydrogen) atoms. The molecule has 2 aromatic rings. The molecule has 0 atom stereocenters. The van der Waals surface area contributed by atoms with E-state index in [-0.39, 0.29) is 18.4 Å². The second-order valence-corrected chi connectivity index (χ2v) is 9.04. The lowest BCUT2D eigenvalue weighted by atomic mass is 10.2. The van der Waals surface area contributed by atoms with E-state index in [1.165, 1.54) is 16.7 Å². The highest BCUT2D eigenvalue weighted by molar-refractivity contribution is 9.10. The van der Waals surface area contributed by atoms with Crippen LogP contribution in [0, 0.1) is 6.92 Å². The van der Waals surface area contributed by atoms with E-state index in [1.54, 1.807) is 24.3 Å². The Labute approximate surface area is 193 Å². The zero-order valence-electron chi connectivity index (χ0n) is 16.2. The van der Waals surface area contributed by atoms with E-state index in [9.17, 15) is 9.59 Å². The van der Waals surface area contributed by atoms with Crippen LogP contribution >= 0.6 is 39.9 Å². The summed E-state index contributed by atoms with van der Waals surface area (Å²) in [4.78, 5) is 26.7. The highest BCUT2D eigenvalue weighted by Crippen LogP contribution is 2.32. The number of halogens is 1. The first-order chi connectivity index (χ1) is 14.4. The number of anilines is 1. The van der Waals surface area contributed by atoms with E-state index in [1.807, 2.05) is 37.3 Å². The third-order valence-corrected chi connectivity index (χ3v) is 6.04. The summed E-state index contributed by atoms with van der Waals surface area (Å²) in [5.41, 5.74) is 2.48. The zero-order chi connectivity index (χ0) is 21.7. The number of rotatable bonds is 7. The van der Waals surface area contributed by atoms with Gasteiger partial charge in [0.05, 0.1) is 4.91 Å². The minimum absolute atomic E-state index is 0.125. The van der Waals surface area contributed by atoms with Crippen molar-refractivity contribution in [2.45, 2.75) is 6.92 Å². The van der Waals surface area contributed by atoms with Crippen molar-refractivity contribution in [1.29, 1.82) is 0 Å². The molecule has 1 saturated heterocycles. The summed E-state index contributed by atoms with van der Waals surface area (Å²) in [5, 5.41) is 2.84. The van der Waals surface area contributed by atoms with E-state index in [2.05, 4.69) is 27.8 Å². The molecule has 0 saturated carbocycles. The molecular weight excluding hydrogens is 484 g/mol. The summed E-state index contributed by atoms with van der Waals surface area (Å²) >= 11 is 9.91. The summed E-state index contributed by atoms with van der Waals surface area (Å²) in [5.74, 6) is 0.143. The number of hydrogen-bond donors (Lipinski definition) is 1. The van der Waals surface area contributed by atoms with Crippen molar-refractivity contribution in [2.75, 3.05) is 18.5 Å². The van der Waals surface area contributed by atoms with E-state index in [4.69, 9.17) is 17.0 Å². The number of carbonyl (C=O) groups is 2. The Bertz CT molecular complexity index is 1050. The molecule has 0 aliphatic carbocycles. The third-order valence-electron chi connectivity index (χ3n) is 4.17. The van der Waals surface area contributed by atoms with Crippen molar-refractivity contribution in [3.8, 4) is 5.75 Å². The molecule has 3 rings (SSSR count). The van der Waals surface area contributed by atoms with Gasteiger partial charge < -0.3 is 10.1 Å². The van der Waals surface area contributed by atoms with Crippen LogP contribution in [0.3, 0.4) is 0 Å². The maximum absolute atomic E-state index is 12.4. The lowest BCUT2D eigenvalue weighted by Crippen LogP contribution is -2.27. The predicted molar refractivity (Wildman–Crippen MR) is 130 cm³/mol. The molecule has 0 aromatic heterocycles. The van der Waals surface area contributed by atoms with Crippen molar-refractivity contribution >= 4 is 67.8 Å². The van der Waals surface area contributed by atoms with Gasteiger partial charge in [0.2, 0.25) is 0 Å². The van der Waals surface area contributed by atoms with Crippen molar-refractivity contribution < 1.29 is 14.3 Å². The first kappa shape index (κ1) is 22.3. The van der Waals surface area contributed by atoms with Gasteiger partial charge in [-0.05, 0) is 54.5 Å². The van der Waals surface area contributed by atoms with Crippen LogP contribution in [0.5, 0.6) is 5.75 Å². The van der Waals surface area contributed by atoms with Gasteiger partial charge in [0.15, 0.2) is 6.61 Å². The fourth-order valence-corrected chi connectivity index (χ4v) is 4.49. The van der Waals surface area contributed by atoms with E-state index in [0.717, 1.165) is 21.3 Å². The first-order valence-electron chi connectivity index (χ1n) is 9.02. The molecule has 0 bridgehead atoms. The Morgan fingerprint density at radius 3 is 2.87 bits per heavy atom. The molecule has 154 valence electrons. The van der Waals surface area contributed by atoms with Crippen LogP contribution in [-0.2, 0) is 9.59 Å². The van der Waals surface area contributed by atoms with Gasteiger partial charge in [0.25, 0.3) is 11.8 Å². The Hall–Kier alpha value is -2.42. The quantitative estimate of drug-likeness (QED) is 0.321. The van der Waals surface area contributed by atoms with Gasteiger partial charge in [-0.1, -0.05) is 58.1 Å². The van der Waals surface area contributed by atoms with Gasteiger partial charge in [0, 0.05) is 16.7 Å². The van der Waals surface area contributed by atoms with Crippen molar-refractivity contribution in [1.82, 2.24) is 4.90 Å². The summed E-state index contributed by atoms with van der Waals surface area (Å²) < 4.78 is 7.09. The van der Waals surface area contributed by atoms with Gasteiger partial charge in [-0.3, -0.25) is 14.5 Å². The van der Waals surface area contributed by atoms with Crippen LogP contribution in [0.2, 0.25) is 0 Å². The number of nitrogens with zero attached hydrogens (tertiary/aromatic N) is 1. The maximum Gasteiger partial charge on any atom is 0.266 e. The topological polar surface area (TPSA) is 58.6 Å². The molecule has 0 radical (unpaired) electrons. The largest absolute Gasteiger partial charge is 0.484 e. The minimum Gasteiger partial charge on any atom is -0.484 e. The van der Waals surface area contributed by atoms with Gasteiger partial charge in [-0.25, -0.2) is 0 Å². The predicted octanol–water partition coefficient (Wildman–Crippen LogP) is 5.16. The molecule has 2 aromatic carbocycles. The number of amides is 2. The normalized spacial score (nSPS) is 14.9. The van der Waals surface area contributed by atoms with Crippen LogP contribution < -0.4 is 10.1 Å². The number of thiocarbonyl (C=S) groups is 1. The minimum atomic E-state index is -0.254. The van der Waals surface area contributed by atoms with Crippen LogP contribution in [0.15, 0.2) is 64.5 Å². The van der Waals surface area contributed by atoms with E-state index >= 15 is 0 Å². The number of carbonyl (C=O) groups excluding carboxylic acids is 2. The second kappa shape index (κ2) is 10.1. The smallest absolute Gasteiger partial charge is 0.266 e. The Morgan fingerprint density at radius 2 is 2.13 bits per heavy atom. The fourth-order valence-electron chi connectivity index (χ4n) is 2.73.